The summed E-state index contributed by atoms with van der Waals surface area (Å²) in [4.78, 5) is 6.67. The maximum Gasteiger partial charge on any atom is 0.306 e. The molecule has 0 saturated carbocycles. The highest BCUT2D eigenvalue weighted by atomic mass is 35.6. The molecule has 1 aromatic carbocycles. The van der Waals surface area contributed by atoms with Gasteiger partial charge in [0.15, 0.2) is 0 Å². The van der Waals surface area contributed by atoms with Gasteiger partial charge in [-0.15, -0.1) is 0 Å². The maximum absolute atomic E-state index is 12.3. The van der Waals surface area contributed by atoms with Crippen molar-refractivity contribution in [2.75, 3.05) is 24.5 Å². The summed E-state index contributed by atoms with van der Waals surface area (Å²) >= 11 is 18.2. The summed E-state index contributed by atoms with van der Waals surface area (Å²) in [6.07, 6.45) is 0.659. The number of aryl methyl sites for hydroxylation is 1. The third-order valence-corrected chi connectivity index (χ3v) is 8.55. The highest BCUT2D eigenvalue weighted by Crippen LogP contribution is 2.36. The van der Waals surface area contributed by atoms with Gasteiger partial charge in [-0.2, -0.15) is 8.68 Å². The summed E-state index contributed by atoms with van der Waals surface area (Å²) in [5.41, 5.74) is 2.36. The van der Waals surface area contributed by atoms with Crippen molar-refractivity contribution in [1.29, 1.82) is 0 Å². The van der Waals surface area contributed by atoms with Crippen LogP contribution in [0.5, 0.6) is 0 Å². The molecule has 3 rings (SSSR count). The van der Waals surface area contributed by atoms with Gasteiger partial charge in [-0.1, -0.05) is 64.6 Å². The van der Waals surface area contributed by atoms with Crippen molar-refractivity contribution in [1.82, 2.24) is 13.7 Å². The highest BCUT2D eigenvalue weighted by Gasteiger charge is 2.45. The van der Waals surface area contributed by atoms with Crippen molar-refractivity contribution in [3.63, 3.8) is 0 Å². The van der Waals surface area contributed by atoms with Gasteiger partial charge in [0, 0.05) is 43.6 Å². The van der Waals surface area contributed by atoms with Crippen molar-refractivity contribution in [2.24, 2.45) is 0 Å². The number of anilines is 1. The molecule has 0 aliphatic carbocycles. The van der Waals surface area contributed by atoms with Crippen molar-refractivity contribution < 1.29 is 8.42 Å². The lowest BCUT2D eigenvalue weighted by Crippen LogP contribution is -2.55. The predicted octanol–water partition coefficient (Wildman–Crippen LogP) is 3.61. The lowest BCUT2D eigenvalue weighted by Gasteiger charge is -2.39. The Kier molecular flexibility index (Phi) is 6.25. The van der Waals surface area contributed by atoms with Crippen molar-refractivity contribution in [3.05, 3.63) is 41.2 Å². The average molecular weight is 470 g/mol. The van der Waals surface area contributed by atoms with Gasteiger partial charge in [0.1, 0.15) is 5.82 Å². The second kappa shape index (κ2) is 8.00. The van der Waals surface area contributed by atoms with Crippen LogP contribution in [0.3, 0.4) is 0 Å². The first-order valence-electron chi connectivity index (χ1n) is 8.29. The number of benzene rings is 1. The van der Waals surface area contributed by atoms with E-state index >= 15 is 0 Å². The molecule has 2 aromatic rings. The molecule has 1 aromatic heterocycles. The van der Waals surface area contributed by atoms with Gasteiger partial charge >= 0.3 is 3.12 Å². The van der Waals surface area contributed by atoms with Crippen LogP contribution in [-0.4, -0.2) is 50.9 Å². The molecule has 1 unspecified atom stereocenters. The quantitative estimate of drug-likeness (QED) is 0.640. The molecule has 1 aliphatic heterocycles. The summed E-state index contributed by atoms with van der Waals surface area (Å²) in [6, 6.07) is 8.16. The minimum atomic E-state index is -4.01. The van der Waals surface area contributed by atoms with E-state index in [0.29, 0.717) is 13.0 Å². The monoisotopic (exact) mass is 468 g/mol. The zero-order valence-electron chi connectivity index (χ0n) is 14.8. The molecule has 1 saturated heterocycles. The van der Waals surface area contributed by atoms with Crippen molar-refractivity contribution in [2.45, 2.75) is 29.4 Å². The van der Waals surface area contributed by atoms with Gasteiger partial charge < -0.3 is 4.90 Å². The fourth-order valence-corrected chi connectivity index (χ4v) is 5.61. The van der Waals surface area contributed by atoms with Crippen molar-refractivity contribution >= 4 is 61.5 Å². The number of nitrogens with zero attached hydrogens (tertiary/aromatic N) is 4. The first kappa shape index (κ1) is 21.1. The summed E-state index contributed by atoms with van der Waals surface area (Å²) in [5, 5.41) is 0.774. The van der Waals surface area contributed by atoms with E-state index in [1.807, 2.05) is 18.7 Å². The molecule has 0 bridgehead atoms. The molecular formula is C16H19Cl3N4O2S2. The van der Waals surface area contributed by atoms with Crippen LogP contribution in [0.2, 0.25) is 0 Å². The van der Waals surface area contributed by atoms with E-state index < -0.39 is 13.1 Å². The Morgan fingerprint density at radius 1 is 1.22 bits per heavy atom. The molecule has 0 spiro atoms. The van der Waals surface area contributed by atoms with E-state index in [1.165, 1.54) is 21.4 Å². The fraction of sp³-hybridized carbons (Fsp3) is 0.500. The van der Waals surface area contributed by atoms with Gasteiger partial charge in [0.05, 0.1) is 0 Å². The smallest absolute Gasteiger partial charge is 0.306 e. The van der Waals surface area contributed by atoms with Crippen LogP contribution < -0.4 is 4.90 Å². The molecule has 0 amide bonds. The van der Waals surface area contributed by atoms with Crippen LogP contribution in [-0.2, 0) is 16.4 Å². The van der Waals surface area contributed by atoms with Crippen LogP contribution in [0.15, 0.2) is 24.3 Å². The van der Waals surface area contributed by atoms with E-state index in [4.69, 9.17) is 34.8 Å². The first-order chi connectivity index (χ1) is 12.6. The minimum Gasteiger partial charge on any atom is -0.342 e. The third kappa shape index (κ3) is 4.68. The molecule has 27 heavy (non-hydrogen) atoms. The average Bonchev–Trinajstić information content (AvgIpc) is 3.04. The van der Waals surface area contributed by atoms with Gasteiger partial charge in [-0.05, 0) is 19.4 Å². The Morgan fingerprint density at radius 3 is 2.48 bits per heavy atom. The Balaban J connectivity index is 1.68. The van der Waals surface area contributed by atoms with Crippen molar-refractivity contribution in [3.8, 4) is 0 Å². The molecule has 1 atom stereocenters. The van der Waals surface area contributed by atoms with Crippen LogP contribution in [0.1, 0.15) is 23.9 Å². The zero-order valence-corrected chi connectivity index (χ0v) is 18.7. The summed E-state index contributed by atoms with van der Waals surface area (Å²) < 4.78 is 27.9. The fourth-order valence-electron chi connectivity index (χ4n) is 2.89. The Labute approximate surface area is 178 Å². The molecule has 6 nitrogen and oxygen atoms in total. The molecule has 148 valence electrons. The number of hydrogen-bond donors (Lipinski definition) is 0. The number of hydrogen-bond acceptors (Lipinski definition) is 6. The Morgan fingerprint density at radius 2 is 1.89 bits per heavy atom. The lowest BCUT2D eigenvalue weighted by atomic mass is 10.1. The number of aromatic nitrogens is 2. The van der Waals surface area contributed by atoms with Gasteiger partial charge in [-0.3, -0.25) is 0 Å². The normalized spacial score (nSPS) is 19.4. The second-order valence-corrected chi connectivity index (χ2v) is 12.3. The number of sulfonamides is 1. The van der Waals surface area contributed by atoms with Gasteiger partial charge in [0.25, 0.3) is 10.0 Å². The van der Waals surface area contributed by atoms with E-state index in [2.05, 4.69) is 33.6 Å². The standard InChI is InChI=1S/C16H19Cl3N4O2S2/c1-11-3-5-13(6-4-11)9-14-20-15(26-21-14)23-8-7-22(10-12(23)2)27(24,25)16(17,18)19/h3-6,12H,7-10H2,1-2H3. The predicted molar refractivity (Wildman–Crippen MR) is 111 cm³/mol. The molecule has 0 radical (unpaired) electrons. The number of alkyl halides is 3. The van der Waals surface area contributed by atoms with E-state index in [0.717, 1.165) is 16.5 Å². The van der Waals surface area contributed by atoms with Gasteiger partial charge in [0.2, 0.25) is 5.13 Å². The van der Waals surface area contributed by atoms with E-state index in [1.54, 1.807) is 0 Å². The SMILES string of the molecule is Cc1ccc(Cc2nsc(N3CCN(S(=O)(=O)C(Cl)(Cl)Cl)CC3C)n2)cc1. The minimum absolute atomic E-state index is 0.110. The lowest BCUT2D eigenvalue weighted by molar-refractivity contribution is 0.342. The van der Waals surface area contributed by atoms with Gasteiger partial charge in [-0.25, -0.2) is 13.4 Å². The van der Waals surface area contributed by atoms with Crippen LogP contribution >= 0.6 is 46.3 Å². The largest absolute Gasteiger partial charge is 0.342 e. The van der Waals surface area contributed by atoms with Crippen LogP contribution in [0, 0.1) is 6.92 Å². The zero-order chi connectivity index (χ0) is 19.8. The molecule has 2 heterocycles. The summed E-state index contributed by atoms with van der Waals surface area (Å²) in [7, 11) is -4.01. The van der Waals surface area contributed by atoms with Crippen LogP contribution in [0.4, 0.5) is 5.13 Å². The second-order valence-electron chi connectivity index (χ2n) is 6.51. The topological polar surface area (TPSA) is 66.4 Å². The number of rotatable bonds is 4. The van der Waals surface area contributed by atoms with E-state index in [9.17, 15) is 8.42 Å². The van der Waals surface area contributed by atoms with E-state index in [-0.39, 0.29) is 19.1 Å². The highest BCUT2D eigenvalue weighted by molar-refractivity contribution is 7.95. The molecule has 1 aliphatic rings. The molecule has 0 N–H and O–H groups in total. The van der Waals surface area contributed by atoms with Crippen LogP contribution in [0.25, 0.3) is 0 Å². The first-order valence-corrected chi connectivity index (χ1v) is 11.6. The summed E-state index contributed by atoms with van der Waals surface area (Å²) in [5.74, 6) is 0.752. The molecule has 1 fully saturated rings. The molecule has 11 heteroatoms. The Hall–Kier alpha value is -0.640. The maximum atomic E-state index is 12.3. The third-order valence-electron chi connectivity index (χ3n) is 4.41. The number of halogens is 3. The summed E-state index contributed by atoms with van der Waals surface area (Å²) in [6.45, 7) is 4.88. The Bertz CT molecular complexity index is 897. The molecular weight excluding hydrogens is 451 g/mol. The number of piperazine rings is 1.